The van der Waals surface area contributed by atoms with Crippen LogP contribution in [-0.2, 0) is 20.5 Å². The van der Waals surface area contributed by atoms with E-state index in [0.717, 1.165) is 0 Å². The number of amides is 1. The number of carbonyl (C=O) groups excluding carboxylic acids is 1. The van der Waals surface area contributed by atoms with E-state index in [1.807, 2.05) is 6.07 Å². The molecule has 1 aromatic rings. The zero-order valence-corrected chi connectivity index (χ0v) is 12.2. The van der Waals surface area contributed by atoms with Gasteiger partial charge < -0.3 is 10.5 Å². The van der Waals surface area contributed by atoms with Gasteiger partial charge in [0, 0.05) is 6.54 Å². The number of rotatable bonds is 6. The minimum absolute atomic E-state index is 0.0285. The lowest BCUT2D eigenvalue weighted by Gasteiger charge is -2.29. The van der Waals surface area contributed by atoms with Gasteiger partial charge in [-0.2, -0.15) is 13.1 Å². The highest BCUT2D eigenvalue weighted by molar-refractivity contribution is 7.88. The van der Waals surface area contributed by atoms with Crippen molar-refractivity contribution in [1.82, 2.24) is 9.44 Å². The first-order valence-electron chi connectivity index (χ1n) is 6.07. The van der Waals surface area contributed by atoms with E-state index in [1.165, 1.54) is 0 Å². The molecule has 7 nitrogen and oxygen atoms in total. The van der Waals surface area contributed by atoms with Gasteiger partial charge in [-0.15, -0.1) is 0 Å². The largest absolute Gasteiger partial charge is 0.449 e. The maximum Gasteiger partial charge on any atom is 0.421 e. The van der Waals surface area contributed by atoms with Crippen molar-refractivity contribution in [3.8, 4) is 0 Å². The van der Waals surface area contributed by atoms with Crippen LogP contribution in [0.4, 0.5) is 4.79 Å². The second-order valence-electron chi connectivity index (χ2n) is 4.33. The standard InChI is InChI=1S/C12H19N3O4S/c1-3-19-11(16)14-20(17,18)15-12(2,9-13)10-7-5-4-6-8-10/h4-8,15H,3,9,13H2,1-2H3,(H,14,16). The Hall–Kier alpha value is -1.64. The molecule has 0 heterocycles. The summed E-state index contributed by atoms with van der Waals surface area (Å²) in [5, 5.41) is 0. The van der Waals surface area contributed by atoms with Crippen molar-refractivity contribution in [3.63, 3.8) is 0 Å². The van der Waals surface area contributed by atoms with Crippen LogP contribution in [0, 0.1) is 0 Å². The molecular weight excluding hydrogens is 282 g/mol. The summed E-state index contributed by atoms with van der Waals surface area (Å²) in [6.07, 6.45) is -1.03. The summed E-state index contributed by atoms with van der Waals surface area (Å²) in [7, 11) is -4.08. The quantitative estimate of drug-likeness (QED) is 0.706. The molecule has 0 aliphatic rings. The Morgan fingerprint density at radius 2 is 1.95 bits per heavy atom. The first-order chi connectivity index (χ1) is 9.33. The normalized spacial score (nSPS) is 14.3. The highest BCUT2D eigenvalue weighted by Gasteiger charge is 2.31. The lowest BCUT2D eigenvalue weighted by molar-refractivity contribution is 0.158. The van der Waals surface area contributed by atoms with E-state index >= 15 is 0 Å². The summed E-state index contributed by atoms with van der Waals surface area (Å²) in [5.41, 5.74) is 5.33. The average Bonchev–Trinajstić information content (AvgIpc) is 2.38. The van der Waals surface area contributed by atoms with E-state index in [2.05, 4.69) is 9.46 Å². The van der Waals surface area contributed by atoms with Crippen molar-refractivity contribution in [2.75, 3.05) is 13.2 Å². The molecule has 0 fully saturated rings. The van der Waals surface area contributed by atoms with Crippen molar-refractivity contribution < 1.29 is 17.9 Å². The molecule has 8 heteroatoms. The summed E-state index contributed by atoms with van der Waals surface area (Å²) < 4.78 is 32.4. The monoisotopic (exact) mass is 301 g/mol. The number of nitrogens with two attached hydrogens (primary N) is 1. The van der Waals surface area contributed by atoms with Gasteiger partial charge in [0.1, 0.15) is 0 Å². The molecule has 1 atom stereocenters. The molecule has 1 amide bonds. The first kappa shape index (κ1) is 16.4. The van der Waals surface area contributed by atoms with Gasteiger partial charge in [0.25, 0.3) is 0 Å². The van der Waals surface area contributed by atoms with Crippen LogP contribution in [0.15, 0.2) is 30.3 Å². The third-order valence-electron chi connectivity index (χ3n) is 2.67. The molecule has 0 aromatic heterocycles. The van der Waals surface area contributed by atoms with E-state index in [-0.39, 0.29) is 13.2 Å². The van der Waals surface area contributed by atoms with Gasteiger partial charge in [-0.1, -0.05) is 30.3 Å². The first-order valence-corrected chi connectivity index (χ1v) is 7.55. The molecule has 1 rings (SSSR count). The zero-order chi connectivity index (χ0) is 15.2. The molecule has 0 aliphatic heterocycles. The van der Waals surface area contributed by atoms with Crippen LogP contribution >= 0.6 is 0 Å². The topological polar surface area (TPSA) is 111 Å². The highest BCUT2D eigenvalue weighted by Crippen LogP contribution is 2.19. The number of hydrogen-bond donors (Lipinski definition) is 3. The molecule has 20 heavy (non-hydrogen) atoms. The molecule has 112 valence electrons. The van der Waals surface area contributed by atoms with E-state index in [9.17, 15) is 13.2 Å². The minimum Gasteiger partial charge on any atom is -0.449 e. The second-order valence-corrected chi connectivity index (χ2v) is 5.75. The number of nitrogens with one attached hydrogen (secondary N) is 2. The fourth-order valence-corrected chi connectivity index (χ4v) is 2.74. The Morgan fingerprint density at radius 3 is 2.45 bits per heavy atom. The smallest absolute Gasteiger partial charge is 0.421 e. The van der Waals surface area contributed by atoms with Crippen molar-refractivity contribution in [3.05, 3.63) is 35.9 Å². The van der Waals surface area contributed by atoms with E-state index in [1.54, 1.807) is 42.8 Å². The van der Waals surface area contributed by atoms with Crippen LogP contribution in [0.3, 0.4) is 0 Å². The molecule has 0 saturated heterocycles. The molecule has 0 aliphatic carbocycles. The summed E-state index contributed by atoms with van der Waals surface area (Å²) in [5.74, 6) is 0. The maximum atomic E-state index is 11.9. The highest BCUT2D eigenvalue weighted by atomic mass is 32.2. The molecule has 4 N–H and O–H groups in total. The van der Waals surface area contributed by atoms with Crippen LogP contribution < -0.4 is 15.2 Å². The Bertz CT molecular complexity index is 547. The van der Waals surface area contributed by atoms with Crippen molar-refractivity contribution in [2.45, 2.75) is 19.4 Å². The molecular formula is C12H19N3O4S. The molecule has 0 bridgehead atoms. The molecule has 0 saturated carbocycles. The third kappa shape index (κ3) is 4.48. The number of benzene rings is 1. The van der Waals surface area contributed by atoms with Crippen LogP contribution in [0.1, 0.15) is 19.4 Å². The summed E-state index contributed by atoms with van der Waals surface area (Å²) in [6.45, 7) is 3.31. The van der Waals surface area contributed by atoms with Gasteiger partial charge in [-0.05, 0) is 19.4 Å². The Labute approximate surface area is 118 Å². The van der Waals surface area contributed by atoms with Gasteiger partial charge in [0.2, 0.25) is 0 Å². The average molecular weight is 301 g/mol. The molecule has 1 unspecified atom stereocenters. The van der Waals surface area contributed by atoms with Crippen LogP contribution in [0.2, 0.25) is 0 Å². The number of hydrogen-bond acceptors (Lipinski definition) is 5. The summed E-state index contributed by atoms with van der Waals surface area (Å²) in [6, 6.07) is 8.86. The number of carbonyl (C=O) groups is 1. The van der Waals surface area contributed by atoms with Crippen molar-refractivity contribution in [1.29, 1.82) is 0 Å². The van der Waals surface area contributed by atoms with Crippen LogP contribution in [0.5, 0.6) is 0 Å². The fourth-order valence-electron chi connectivity index (χ4n) is 1.62. The Morgan fingerprint density at radius 1 is 1.35 bits per heavy atom. The lowest BCUT2D eigenvalue weighted by atomic mass is 9.94. The third-order valence-corrected chi connectivity index (χ3v) is 3.83. The van der Waals surface area contributed by atoms with Gasteiger partial charge >= 0.3 is 16.3 Å². The lowest BCUT2D eigenvalue weighted by Crippen LogP contribution is -2.53. The van der Waals surface area contributed by atoms with Crippen molar-refractivity contribution in [2.24, 2.45) is 5.73 Å². The SMILES string of the molecule is CCOC(=O)NS(=O)(=O)NC(C)(CN)c1ccccc1. The second kappa shape index (κ2) is 6.69. The van der Waals surface area contributed by atoms with Crippen LogP contribution in [0.25, 0.3) is 0 Å². The Kier molecular flexibility index (Phi) is 5.49. The van der Waals surface area contributed by atoms with Crippen molar-refractivity contribution >= 4 is 16.3 Å². The molecule has 0 radical (unpaired) electrons. The van der Waals surface area contributed by atoms with E-state index in [4.69, 9.17) is 5.73 Å². The predicted molar refractivity (Wildman–Crippen MR) is 75.1 cm³/mol. The van der Waals surface area contributed by atoms with Gasteiger partial charge in [0.05, 0.1) is 12.1 Å². The van der Waals surface area contributed by atoms with Gasteiger partial charge in [-0.25, -0.2) is 9.52 Å². The van der Waals surface area contributed by atoms with E-state index in [0.29, 0.717) is 5.56 Å². The Balaban J connectivity index is 2.90. The fraction of sp³-hybridized carbons (Fsp3) is 0.417. The molecule has 0 spiro atoms. The minimum atomic E-state index is -4.08. The maximum absolute atomic E-state index is 11.9. The van der Waals surface area contributed by atoms with Crippen LogP contribution in [-0.4, -0.2) is 27.7 Å². The summed E-state index contributed by atoms with van der Waals surface area (Å²) in [4.78, 5) is 11.2. The molecule has 1 aromatic carbocycles. The predicted octanol–water partition coefficient (Wildman–Crippen LogP) is 0.441. The number of ether oxygens (including phenoxy) is 1. The summed E-state index contributed by atoms with van der Waals surface area (Å²) >= 11 is 0. The van der Waals surface area contributed by atoms with Gasteiger partial charge in [0.15, 0.2) is 0 Å². The van der Waals surface area contributed by atoms with Gasteiger partial charge in [-0.3, -0.25) is 0 Å². The van der Waals surface area contributed by atoms with E-state index < -0.39 is 21.8 Å². The zero-order valence-electron chi connectivity index (χ0n) is 11.4.